The molecule has 0 fully saturated rings. The highest BCUT2D eigenvalue weighted by Crippen LogP contribution is 1.95. The molecule has 1 aromatic heterocycles. The molecule has 0 aliphatic carbocycles. The van der Waals surface area contributed by atoms with E-state index in [4.69, 9.17) is 5.11 Å². The molecule has 0 aliphatic heterocycles. The molecule has 0 aromatic carbocycles. The Bertz CT molecular complexity index is 276. The van der Waals surface area contributed by atoms with Gasteiger partial charge in [-0.25, -0.2) is 4.79 Å². The summed E-state index contributed by atoms with van der Waals surface area (Å²) in [6.45, 7) is 0. The van der Waals surface area contributed by atoms with Crippen LogP contribution in [0.3, 0.4) is 0 Å². The van der Waals surface area contributed by atoms with Crippen LogP contribution in [-0.4, -0.2) is 26.0 Å². The summed E-state index contributed by atoms with van der Waals surface area (Å²) in [5.74, 6) is -1.24. The van der Waals surface area contributed by atoms with Crippen LogP contribution in [0.2, 0.25) is 0 Å². The number of nitrogens with zero attached hydrogens (tertiary/aromatic N) is 3. The van der Waals surface area contributed by atoms with Gasteiger partial charge in [-0.05, 0) is 0 Å². The van der Waals surface area contributed by atoms with Crippen molar-refractivity contribution in [2.45, 2.75) is 0 Å². The number of aromatic nitrogens is 2. The maximum atomic E-state index is 10.2. The third-order valence-corrected chi connectivity index (χ3v) is 0.984. The van der Waals surface area contributed by atoms with Crippen LogP contribution in [0.25, 0.3) is 0 Å². The molecular weight excluding hydrogens is 154 g/mol. The Kier molecular flexibility index (Phi) is 1.55. The minimum atomic E-state index is -1.24. The lowest BCUT2D eigenvalue weighted by atomic mass is 10.4. The first-order valence-corrected chi connectivity index (χ1v) is 2.54. The van der Waals surface area contributed by atoms with Gasteiger partial charge in [-0.3, -0.25) is 0 Å². The fourth-order valence-electron chi connectivity index (χ4n) is 0.512. The number of carboxylic acids is 1. The minimum absolute atomic E-state index is 0.207. The highest BCUT2D eigenvalue weighted by molar-refractivity contribution is 5.86. The molecule has 1 aromatic rings. The molecule has 0 bridgehead atoms. The zero-order chi connectivity index (χ0) is 8.43. The van der Waals surface area contributed by atoms with E-state index in [1.807, 2.05) is 0 Å². The van der Waals surface area contributed by atoms with Crippen LogP contribution < -0.4 is 0 Å². The molecule has 0 radical (unpaired) electrons. The fraction of sp³-hybridized carbons (Fsp3) is 0. The maximum absolute atomic E-state index is 10.2. The largest absolute Gasteiger partial charge is 0.477 e. The third kappa shape index (κ3) is 1.31. The Morgan fingerprint density at radius 1 is 1.82 bits per heavy atom. The van der Waals surface area contributed by atoms with Crippen molar-refractivity contribution < 1.29 is 14.9 Å². The maximum Gasteiger partial charge on any atom is 0.341 e. The summed E-state index contributed by atoms with van der Waals surface area (Å²) in [5, 5.41) is 20.6. The molecule has 1 rings (SSSR count). The smallest absolute Gasteiger partial charge is 0.341 e. The van der Waals surface area contributed by atoms with Crippen molar-refractivity contribution >= 4 is 5.97 Å². The Morgan fingerprint density at radius 2 is 2.45 bits per heavy atom. The molecule has 58 valence electrons. The summed E-state index contributed by atoms with van der Waals surface area (Å²) in [4.78, 5) is 20.4. The fourth-order valence-corrected chi connectivity index (χ4v) is 0.512. The first kappa shape index (κ1) is 7.19. The number of carbonyl (C=O) groups is 1. The summed E-state index contributed by atoms with van der Waals surface area (Å²) in [7, 11) is 0. The van der Waals surface area contributed by atoms with Gasteiger partial charge in [0.1, 0.15) is 11.8 Å². The Labute approximate surface area is 60.0 Å². The topological polar surface area (TPSA) is 98.3 Å². The van der Waals surface area contributed by atoms with Gasteiger partial charge >= 0.3 is 5.97 Å². The third-order valence-electron chi connectivity index (χ3n) is 0.984. The molecule has 0 atom stereocenters. The number of hydrogen-bond acceptors (Lipinski definition) is 4. The number of carboxylic acid groups (broad SMARTS) is 1. The van der Waals surface area contributed by atoms with E-state index in [0.29, 0.717) is 4.79 Å². The van der Waals surface area contributed by atoms with Gasteiger partial charge in [-0.1, -0.05) is 0 Å². The van der Waals surface area contributed by atoms with E-state index in [0.717, 1.165) is 12.4 Å². The van der Waals surface area contributed by atoms with Crippen molar-refractivity contribution in [3.05, 3.63) is 28.1 Å². The van der Waals surface area contributed by atoms with Crippen molar-refractivity contribution in [2.24, 2.45) is 0 Å². The van der Waals surface area contributed by atoms with E-state index in [-0.39, 0.29) is 5.56 Å². The van der Waals surface area contributed by atoms with Crippen LogP contribution >= 0.6 is 0 Å². The number of hydrogen-bond donors (Lipinski definition) is 1. The number of aromatic carboxylic acids is 1. The molecule has 0 unspecified atom stereocenters. The quantitative estimate of drug-likeness (QED) is 0.466. The molecule has 11 heavy (non-hydrogen) atoms. The van der Waals surface area contributed by atoms with Crippen molar-refractivity contribution in [2.75, 3.05) is 0 Å². The van der Waals surface area contributed by atoms with E-state index in [1.165, 1.54) is 0 Å². The van der Waals surface area contributed by atoms with Gasteiger partial charge in [-0.15, -0.1) is 0 Å². The summed E-state index contributed by atoms with van der Waals surface area (Å²) >= 11 is 0. The molecule has 1 N–H and O–H groups in total. The summed E-state index contributed by atoms with van der Waals surface area (Å²) < 4.78 is 0. The number of rotatable bonds is 2. The molecule has 7 heteroatoms. The second-order valence-corrected chi connectivity index (χ2v) is 1.69. The van der Waals surface area contributed by atoms with Crippen molar-refractivity contribution in [1.82, 2.24) is 9.89 Å². The van der Waals surface area contributed by atoms with E-state index in [9.17, 15) is 14.9 Å². The summed E-state index contributed by atoms with van der Waals surface area (Å²) in [6.07, 6.45) is 1.73. The van der Waals surface area contributed by atoms with E-state index < -0.39 is 11.0 Å². The van der Waals surface area contributed by atoms with Gasteiger partial charge in [0.25, 0.3) is 0 Å². The second-order valence-electron chi connectivity index (χ2n) is 1.69. The first-order valence-electron chi connectivity index (χ1n) is 2.54. The standard InChI is InChI=1S/C4H3N3O4/c8-4(9)3-1-5-6(2-3)7(10)11/h1-2H,(H,8,9). The predicted molar refractivity (Wildman–Crippen MR) is 31.6 cm³/mol. The molecule has 1 heterocycles. The van der Waals surface area contributed by atoms with E-state index in [1.54, 1.807) is 0 Å². The van der Waals surface area contributed by atoms with Gasteiger partial charge in [0.2, 0.25) is 0 Å². The Hall–Kier alpha value is -1.92. The predicted octanol–water partition coefficient (Wildman–Crippen LogP) is -0.379. The lowest BCUT2D eigenvalue weighted by Crippen LogP contribution is -2.08. The van der Waals surface area contributed by atoms with Crippen molar-refractivity contribution in [1.29, 1.82) is 0 Å². The molecule has 7 nitrogen and oxygen atoms in total. The lowest BCUT2D eigenvalue weighted by molar-refractivity contribution is -0.552. The van der Waals surface area contributed by atoms with Crippen LogP contribution in [0.1, 0.15) is 10.4 Å². The van der Waals surface area contributed by atoms with Crippen LogP contribution in [0, 0.1) is 10.1 Å². The summed E-state index contributed by atoms with van der Waals surface area (Å²) in [5.41, 5.74) is -0.207. The average Bonchev–Trinajstić information content (AvgIpc) is 2.33. The molecule has 0 aliphatic rings. The van der Waals surface area contributed by atoms with Crippen LogP contribution in [-0.2, 0) is 0 Å². The van der Waals surface area contributed by atoms with E-state index in [2.05, 4.69) is 5.10 Å². The second kappa shape index (κ2) is 2.37. The lowest BCUT2D eigenvalue weighted by Gasteiger charge is -1.86. The Balaban J connectivity index is 2.99. The summed E-state index contributed by atoms with van der Waals surface area (Å²) in [6, 6.07) is 0. The molecule has 0 saturated carbocycles. The van der Waals surface area contributed by atoms with Gasteiger partial charge in [0.05, 0.1) is 5.03 Å². The monoisotopic (exact) mass is 157 g/mol. The van der Waals surface area contributed by atoms with Gasteiger partial charge in [0, 0.05) is 9.89 Å². The van der Waals surface area contributed by atoms with Crippen LogP contribution in [0.4, 0.5) is 0 Å². The zero-order valence-electron chi connectivity index (χ0n) is 5.17. The Morgan fingerprint density at radius 3 is 2.73 bits per heavy atom. The molecule has 0 amide bonds. The van der Waals surface area contributed by atoms with E-state index >= 15 is 0 Å². The molecule has 0 saturated heterocycles. The van der Waals surface area contributed by atoms with Crippen molar-refractivity contribution in [3.63, 3.8) is 0 Å². The highest BCUT2D eigenvalue weighted by atomic mass is 16.7. The molecule has 0 spiro atoms. The van der Waals surface area contributed by atoms with Crippen LogP contribution in [0.5, 0.6) is 0 Å². The average molecular weight is 157 g/mol. The molecular formula is C4H3N3O4. The van der Waals surface area contributed by atoms with Crippen LogP contribution in [0.15, 0.2) is 12.4 Å². The normalized spacial score (nSPS) is 9.45. The van der Waals surface area contributed by atoms with Gasteiger partial charge in [0.15, 0.2) is 6.20 Å². The van der Waals surface area contributed by atoms with Crippen molar-refractivity contribution in [3.8, 4) is 0 Å². The van der Waals surface area contributed by atoms with Gasteiger partial charge < -0.3 is 15.2 Å². The van der Waals surface area contributed by atoms with Gasteiger partial charge in [-0.2, -0.15) is 0 Å². The number of nitro groups is 1. The minimum Gasteiger partial charge on any atom is -0.477 e. The SMILES string of the molecule is O=C(O)c1cnn([N+](=O)[O-])c1. The zero-order valence-corrected chi connectivity index (χ0v) is 5.17. The highest BCUT2D eigenvalue weighted by Gasteiger charge is 2.11. The first-order chi connectivity index (χ1) is 5.11.